The minimum absolute atomic E-state index is 0.0178. The summed E-state index contributed by atoms with van der Waals surface area (Å²) < 4.78 is 20.7. The van der Waals surface area contributed by atoms with Gasteiger partial charge in [0.05, 0.1) is 30.3 Å². The summed E-state index contributed by atoms with van der Waals surface area (Å²) in [6, 6.07) is 5.38. The van der Waals surface area contributed by atoms with Gasteiger partial charge in [-0.05, 0) is 62.8 Å². The quantitative estimate of drug-likeness (QED) is 0.337. The van der Waals surface area contributed by atoms with Gasteiger partial charge in [-0.3, -0.25) is 14.6 Å². The number of pyridine rings is 1. The lowest BCUT2D eigenvalue weighted by molar-refractivity contribution is -0.130. The number of piperidine rings is 1. The Morgan fingerprint density at radius 1 is 1.35 bits per heavy atom. The molecular formula is C26H38FN5O5. The molecule has 7 N–H and O–H groups in total. The van der Waals surface area contributed by atoms with Crippen LogP contribution in [-0.4, -0.2) is 89.2 Å². The van der Waals surface area contributed by atoms with Gasteiger partial charge in [0, 0.05) is 43.5 Å². The molecule has 3 atom stereocenters. The van der Waals surface area contributed by atoms with E-state index in [1.807, 2.05) is 13.0 Å². The van der Waals surface area contributed by atoms with Crippen molar-refractivity contribution in [1.82, 2.24) is 15.2 Å². The summed E-state index contributed by atoms with van der Waals surface area (Å²) >= 11 is 0. The fraction of sp³-hybridized carbons (Fsp3) is 0.577. The van der Waals surface area contributed by atoms with Crippen molar-refractivity contribution in [3.8, 4) is 0 Å². The van der Waals surface area contributed by atoms with Crippen LogP contribution < -0.4 is 16.8 Å². The van der Waals surface area contributed by atoms with Crippen LogP contribution in [0.3, 0.4) is 0 Å². The number of ether oxygens (including phenoxy) is 1. The molecule has 3 unspecified atom stereocenters. The molecule has 10 nitrogen and oxygen atoms in total. The molecule has 0 bridgehead atoms. The van der Waals surface area contributed by atoms with Gasteiger partial charge in [-0.2, -0.15) is 0 Å². The second-order valence-electron chi connectivity index (χ2n) is 10.0. The number of carbonyl (C=O) groups is 2. The number of fused-ring (bicyclic) bond motifs is 1. The summed E-state index contributed by atoms with van der Waals surface area (Å²) in [5.41, 5.74) is 11.8. The van der Waals surface area contributed by atoms with Crippen molar-refractivity contribution in [2.45, 2.75) is 51.0 Å². The molecule has 3 heterocycles. The zero-order valence-electron chi connectivity index (χ0n) is 21.5. The maximum Gasteiger partial charge on any atom is 0.253 e. The van der Waals surface area contributed by atoms with Crippen molar-refractivity contribution in [2.24, 2.45) is 11.7 Å². The van der Waals surface area contributed by atoms with Crippen molar-refractivity contribution in [3.63, 3.8) is 0 Å². The number of benzene rings is 1. The molecule has 0 spiro atoms. The predicted molar refractivity (Wildman–Crippen MR) is 139 cm³/mol. The van der Waals surface area contributed by atoms with E-state index < -0.39 is 23.8 Å². The molecule has 204 valence electrons. The van der Waals surface area contributed by atoms with Crippen LogP contribution in [0.2, 0.25) is 0 Å². The Kier molecular flexibility index (Phi) is 9.77. The number of amides is 2. The van der Waals surface area contributed by atoms with E-state index in [9.17, 15) is 9.59 Å². The Balaban J connectivity index is 0.000000414. The zero-order chi connectivity index (χ0) is 27.2. The monoisotopic (exact) mass is 519 g/mol. The van der Waals surface area contributed by atoms with Crippen LogP contribution in [0.5, 0.6) is 0 Å². The fourth-order valence-corrected chi connectivity index (χ4v) is 4.56. The summed E-state index contributed by atoms with van der Waals surface area (Å²) in [5, 5.41) is 20.5. The molecule has 1 aromatic carbocycles. The lowest BCUT2D eigenvalue weighted by Gasteiger charge is -2.37. The molecule has 2 saturated heterocycles. The first-order valence-corrected chi connectivity index (χ1v) is 12.6. The van der Waals surface area contributed by atoms with Crippen LogP contribution in [0.1, 0.15) is 42.1 Å². The van der Waals surface area contributed by atoms with E-state index in [1.54, 1.807) is 18.3 Å². The maximum atomic E-state index is 15.3. The number of anilines is 1. The number of aryl methyl sites for hydroxylation is 1. The molecule has 11 heteroatoms. The Morgan fingerprint density at radius 3 is 2.62 bits per heavy atom. The lowest BCUT2D eigenvalue weighted by atomic mass is 9.92. The topological polar surface area (TPSA) is 164 Å². The van der Waals surface area contributed by atoms with E-state index in [4.69, 9.17) is 20.7 Å². The van der Waals surface area contributed by atoms with Gasteiger partial charge in [0.25, 0.3) is 5.91 Å². The number of carbonyl (C=O) groups excluding carboxylic acids is 2. The molecule has 0 aliphatic carbocycles. The lowest BCUT2D eigenvalue weighted by Crippen LogP contribution is -2.49. The Labute approximate surface area is 216 Å². The number of nitrogens with one attached hydrogen (secondary N) is 1. The van der Waals surface area contributed by atoms with Gasteiger partial charge >= 0.3 is 0 Å². The van der Waals surface area contributed by atoms with Crippen molar-refractivity contribution in [3.05, 3.63) is 35.5 Å². The normalized spacial score (nSPS) is 21.1. The van der Waals surface area contributed by atoms with Crippen LogP contribution in [0.25, 0.3) is 10.9 Å². The number of primary amides is 1. The Bertz CT molecular complexity index is 1080. The van der Waals surface area contributed by atoms with E-state index >= 15 is 4.39 Å². The molecule has 0 saturated carbocycles. The number of alkyl halides is 1. The minimum atomic E-state index is -1.44. The third-order valence-electron chi connectivity index (χ3n) is 6.99. The number of halogens is 1. The second-order valence-corrected chi connectivity index (χ2v) is 10.0. The van der Waals surface area contributed by atoms with Gasteiger partial charge in [-0.25, -0.2) is 4.39 Å². The molecule has 1 aromatic heterocycles. The first-order valence-electron chi connectivity index (χ1n) is 12.6. The van der Waals surface area contributed by atoms with E-state index in [1.165, 1.54) is 6.92 Å². The van der Waals surface area contributed by atoms with Crippen molar-refractivity contribution < 1.29 is 28.9 Å². The van der Waals surface area contributed by atoms with Gasteiger partial charge < -0.3 is 36.6 Å². The molecule has 37 heavy (non-hydrogen) atoms. The predicted octanol–water partition coefficient (Wildman–Crippen LogP) is 0.909. The minimum Gasteiger partial charge on any atom is -0.398 e. The van der Waals surface area contributed by atoms with E-state index in [0.717, 1.165) is 37.1 Å². The van der Waals surface area contributed by atoms with E-state index in [2.05, 4.69) is 20.9 Å². The van der Waals surface area contributed by atoms with E-state index in [0.29, 0.717) is 48.6 Å². The number of nitrogens with zero attached hydrogens (tertiary/aromatic N) is 2. The first kappa shape index (κ1) is 28.7. The summed E-state index contributed by atoms with van der Waals surface area (Å²) in [6.45, 7) is 7.23. The molecule has 2 aliphatic heterocycles. The number of hydrogen-bond acceptors (Lipinski definition) is 8. The van der Waals surface area contributed by atoms with Gasteiger partial charge in [0.15, 0.2) is 6.10 Å². The highest BCUT2D eigenvalue weighted by Crippen LogP contribution is 2.29. The van der Waals surface area contributed by atoms with Crippen LogP contribution in [0.4, 0.5) is 10.1 Å². The second kappa shape index (κ2) is 12.6. The number of rotatable bonds is 7. The third kappa shape index (κ3) is 7.57. The number of aliphatic hydroxyl groups excluding tert-OH is 2. The van der Waals surface area contributed by atoms with Crippen LogP contribution in [-0.2, 0) is 9.53 Å². The van der Waals surface area contributed by atoms with Gasteiger partial charge in [-0.15, -0.1) is 0 Å². The number of nitrogens with two attached hydrogens (primary N) is 2. The molecule has 4 rings (SSSR count). The highest BCUT2D eigenvalue weighted by atomic mass is 19.1. The Hall–Kier alpha value is -2.86. The third-order valence-corrected chi connectivity index (χ3v) is 6.99. The largest absolute Gasteiger partial charge is 0.398 e. The van der Waals surface area contributed by atoms with Gasteiger partial charge in [0.2, 0.25) is 5.91 Å². The molecule has 0 radical (unpaired) electrons. The van der Waals surface area contributed by atoms with Crippen molar-refractivity contribution in [1.29, 1.82) is 0 Å². The molecule has 2 aliphatic rings. The van der Waals surface area contributed by atoms with Crippen molar-refractivity contribution >= 4 is 28.4 Å². The van der Waals surface area contributed by atoms with Crippen LogP contribution in [0, 0.1) is 12.8 Å². The number of aliphatic hydroxyl groups is 2. The first-order chi connectivity index (χ1) is 17.5. The molecular weight excluding hydrogens is 481 g/mol. The van der Waals surface area contributed by atoms with Crippen LogP contribution >= 0.6 is 0 Å². The van der Waals surface area contributed by atoms with Crippen LogP contribution in [0.15, 0.2) is 24.4 Å². The number of likely N-dealkylation sites (tertiary alicyclic amines) is 1. The summed E-state index contributed by atoms with van der Waals surface area (Å²) in [7, 11) is 0. The standard InChI is InChI=1S/C22H29FN4O2.C4H9NO3/c1-15-11-18(20-17(19(15)24)3-2-7-25-20)21(28)26-14-22(23)5-8-27(9-6-22)12-16-4-10-29-13-16;1-2(6)3(7)4(5)8/h2-3,7,11,16H,4-6,8-10,12-14,24H2,1H3,(H,26,28);2-3,6-7H,1H3,(H2,5,8). The van der Waals surface area contributed by atoms with Gasteiger partial charge in [0.1, 0.15) is 5.67 Å². The molecule has 2 amide bonds. The molecule has 2 fully saturated rings. The summed E-state index contributed by atoms with van der Waals surface area (Å²) in [5.74, 6) is -0.643. The highest BCUT2D eigenvalue weighted by Gasteiger charge is 2.36. The summed E-state index contributed by atoms with van der Waals surface area (Å²) in [4.78, 5) is 29.4. The fourth-order valence-electron chi connectivity index (χ4n) is 4.56. The number of hydrogen-bond donors (Lipinski definition) is 5. The average Bonchev–Trinajstić information content (AvgIpc) is 3.39. The van der Waals surface area contributed by atoms with Crippen molar-refractivity contribution in [2.75, 3.05) is 45.1 Å². The SMILES string of the molecule is CC(O)C(O)C(N)=O.Cc1cc(C(=O)NCC2(F)CCN(CC3CCOC3)CC2)c2ncccc2c1N. The highest BCUT2D eigenvalue weighted by molar-refractivity contribution is 6.09. The molecule has 2 aromatic rings. The number of aromatic nitrogens is 1. The number of nitrogen functional groups attached to an aromatic ring is 1. The average molecular weight is 520 g/mol. The smallest absolute Gasteiger partial charge is 0.253 e. The van der Waals surface area contributed by atoms with E-state index in [-0.39, 0.29) is 12.5 Å². The zero-order valence-corrected chi connectivity index (χ0v) is 21.5. The van der Waals surface area contributed by atoms with Gasteiger partial charge in [-0.1, -0.05) is 0 Å². The Morgan fingerprint density at radius 2 is 2.05 bits per heavy atom. The maximum absolute atomic E-state index is 15.3. The summed E-state index contributed by atoms with van der Waals surface area (Å²) in [6.07, 6.45) is 1.08.